The van der Waals surface area contributed by atoms with Crippen LogP contribution in [0.3, 0.4) is 0 Å². The molecule has 0 aliphatic carbocycles. The van der Waals surface area contributed by atoms with E-state index in [2.05, 4.69) is 6.92 Å². The van der Waals surface area contributed by atoms with E-state index in [0.29, 0.717) is 24.6 Å². The van der Waals surface area contributed by atoms with Gasteiger partial charge in [-0.2, -0.15) is 4.31 Å². The first-order valence-corrected chi connectivity index (χ1v) is 8.22. The first-order valence-electron chi connectivity index (χ1n) is 6.78. The molecule has 1 fully saturated rings. The van der Waals surface area contributed by atoms with Crippen molar-refractivity contribution in [1.82, 2.24) is 4.31 Å². The molecule has 1 aliphatic heterocycles. The second kappa shape index (κ2) is 6.03. The molecule has 0 radical (unpaired) electrons. The Labute approximate surface area is 115 Å². The summed E-state index contributed by atoms with van der Waals surface area (Å²) >= 11 is 0. The Bertz CT molecular complexity index is 519. The first-order chi connectivity index (χ1) is 9.07. The monoisotopic (exact) mass is 283 g/mol. The summed E-state index contributed by atoms with van der Waals surface area (Å²) in [7, 11) is -3.40. The molecule has 0 atom stereocenters. The number of sulfonamides is 1. The highest BCUT2D eigenvalue weighted by atomic mass is 32.2. The van der Waals surface area contributed by atoms with Gasteiger partial charge in [0.25, 0.3) is 0 Å². The smallest absolute Gasteiger partial charge is 0.243 e. The van der Waals surface area contributed by atoms with Gasteiger partial charge in [0, 0.05) is 13.1 Å². The summed E-state index contributed by atoms with van der Waals surface area (Å²) in [6.45, 7) is 3.22. The molecular weight excluding hydrogens is 262 g/mol. The van der Waals surface area contributed by atoms with E-state index in [1.807, 2.05) is 0 Å². The molecule has 0 unspecified atom stereocenters. The number of piperidine rings is 1. The van der Waals surface area contributed by atoms with Gasteiger partial charge in [-0.1, -0.05) is 25.5 Å². The van der Waals surface area contributed by atoms with E-state index in [9.17, 15) is 8.42 Å². The second-order valence-corrected chi connectivity index (χ2v) is 7.00. The van der Waals surface area contributed by atoms with Crippen LogP contribution in [-0.4, -0.2) is 30.9 Å². The van der Waals surface area contributed by atoms with Crippen molar-refractivity contribution in [2.24, 2.45) is 5.92 Å². The van der Waals surface area contributed by atoms with Crippen LogP contribution in [0.25, 0.3) is 0 Å². The number of benzene rings is 1. The van der Waals surface area contributed by atoms with E-state index in [4.69, 9.17) is 5.11 Å². The molecule has 1 heterocycles. The second-order valence-electron chi connectivity index (χ2n) is 5.06. The fourth-order valence-electron chi connectivity index (χ4n) is 2.51. The van der Waals surface area contributed by atoms with Crippen molar-refractivity contribution in [2.75, 3.05) is 13.1 Å². The van der Waals surface area contributed by atoms with Crippen LogP contribution in [0.15, 0.2) is 29.2 Å². The Morgan fingerprint density at radius 3 is 2.58 bits per heavy atom. The number of nitrogens with zero attached hydrogens (tertiary/aromatic N) is 1. The first kappa shape index (κ1) is 14.5. The van der Waals surface area contributed by atoms with Crippen molar-refractivity contribution in [3.8, 4) is 0 Å². The molecule has 0 bridgehead atoms. The lowest BCUT2D eigenvalue weighted by Gasteiger charge is -2.30. The molecule has 1 saturated heterocycles. The van der Waals surface area contributed by atoms with Gasteiger partial charge in [0.05, 0.1) is 11.5 Å². The average molecular weight is 283 g/mol. The van der Waals surface area contributed by atoms with Crippen LogP contribution in [-0.2, 0) is 16.6 Å². The fourth-order valence-corrected chi connectivity index (χ4v) is 4.05. The molecular formula is C14H21NO3S. The average Bonchev–Trinajstić information content (AvgIpc) is 2.47. The summed E-state index contributed by atoms with van der Waals surface area (Å²) < 4.78 is 26.6. The van der Waals surface area contributed by atoms with Crippen molar-refractivity contribution in [2.45, 2.75) is 37.7 Å². The largest absolute Gasteiger partial charge is 0.392 e. The maximum Gasteiger partial charge on any atom is 0.243 e. The number of hydrogen-bond donors (Lipinski definition) is 1. The normalized spacial score (nSPS) is 18.6. The van der Waals surface area contributed by atoms with Crippen LogP contribution in [0, 0.1) is 5.92 Å². The van der Waals surface area contributed by atoms with E-state index >= 15 is 0 Å². The summed E-state index contributed by atoms with van der Waals surface area (Å²) in [5.41, 5.74) is 0.629. The standard InChI is InChI=1S/C14H21NO3S/c1-2-12-6-8-15(9-7-12)19(17,18)14-5-3-4-13(10-14)11-16/h3-5,10,12,16H,2,6-9,11H2,1H3. The van der Waals surface area contributed by atoms with Gasteiger partial charge in [0.2, 0.25) is 10.0 Å². The predicted octanol–water partition coefficient (Wildman–Crippen LogP) is 1.99. The van der Waals surface area contributed by atoms with E-state index in [1.54, 1.807) is 28.6 Å². The lowest BCUT2D eigenvalue weighted by molar-refractivity contribution is 0.268. The lowest BCUT2D eigenvalue weighted by Crippen LogP contribution is -2.38. The van der Waals surface area contributed by atoms with E-state index < -0.39 is 10.0 Å². The van der Waals surface area contributed by atoms with E-state index in [0.717, 1.165) is 19.3 Å². The minimum absolute atomic E-state index is 0.138. The summed E-state index contributed by atoms with van der Waals surface area (Å²) in [6, 6.07) is 6.56. The Balaban J connectivity index is 2.18. The third kappa shape index (κ3) is 3.16. The highest BCUT2D eigenvalue weighted by molar-refractivity contribution is 7.89. The molecule has 1 aromatic carbocycles. The zero-order chi connectivity index (χ0) is 13.9. The molecule has 19 heavy (non-hydrogen) atoms. The lowest BCUT2D eigenvalue weighted by atomic mass is 9.96. The van der Waals surface area contributed by atoms with Crippen LogP contribution in [0.2, 0.25) is 0 Å². The summed E-state index contributed by atoms with van der Waals surface area (Å²) in [4.78, 5) is 0.286. The summed E-state index contributed by atoms with van der Waals surface area (Å²) in [5.74, 6) is 0.648. The molecule has 1 aliphatic rings. The van der Waals surface area contributed by atoms with Crippen LogP contribution >= 0.6 is 0 Å². The molecule has 106 valence electrons. The quantitative estimate of drug-likeness (QED) is 0.919. The van der Waals surface area contributed by atoms with Crippen molar-refractivity contribution in [3.63, 3.8) is 0 Å². The Kier molecular flexibility index (Phi) is 4.60. The number of aliphatic hydroxyl groups excluding tert-OH is 1. The van der Waals surface area contributed by atoms with Gasteiger partial charge in [-0.15, -0.1) is 0 Å². The molecule has 0 spiro atoms. The van der Waals surface area contributed by atoms with Crippen molar-refractivity contribution >= 4 is 10.0 Å². The SMILES string of the molecule is CCC1CCN(S(=O)(=O)c2cccc(CO)c2)CC1. The molecule has 4 nitrogen and oxygen atoms in total. The molecule has 0 amide bonds. The van der Waals surface area contributed by atoms with Gasteiger partial charge in [-0.05, 0) is 36.5 Å². The Morgan fingerprint density at radius 2 is 2.00 bits per heavy atom. The maximum atomic E-state index is 12.5. The van der Waals surface area contributed by atoms with Gasteiger partial charge < -0.3 is 5.11 Å². The molecule has 2 rings (SSSR count). The molecule has 1 aromatic rings. The van der Waals surface area contributed by atoms with Crippen LogP contribution < -0.4 is 0 Å². The fraction of sp³-hybridized carbons (Fsp3) is 0.571. The zero-order valence-electron chi connectivity index (χ0n) is 11.2. The highest BCUT2D eigenvalue weighted by Crippen LogP contribution is 2.25. The topological polar surface area (TPSA) is 57.6 Å². The van der Waals surface area contributed by atoms with Crippen LogP contribution in [0.5, 0.6) is 0 Å². The summed E-state index contributed by atoms with van der Waals surface area (Å²) in [5, 5.41) is 9.10. The third-order valence-electron chi connectivity index (χ3n) is 3.87. The highest BCUT2D eigenvalue weighted by Gasteiger charge is 2.28. The van der Waals surface area contributed by atoms with Gasteiger partial charge in [-0.25, -0.2) is 8.42 Å². The number of aliphatic hydroxyl groups is 1. The van der Waals surface area contributed by atoms with E-state index in [1.165, 1.54) is 0 Å². The van der Waals surface area contributed by atoms with Crippen molar-refractivity contribution < 1.29 is 13.5 Å². The van der Waals surface area contributed by atoms with Gasteiger partial charge in [-0.3, -0.25) is 0 Å². The summed E-state index contributed by atoms with van der Waals surface area (Å²) in [6.07, 6.45) is 3.00. The molecule has 0 saturated carbocycles. The van der Waals surface area contributed by atoms with Crippen LogP contribution in [0.4, 0.5) is 0 Å². The Hall–Kier alpha value is -0.910. The minimum atomic E-state index is -3.40. The number of hydrogen-bond acceptors (Lipinski definition) is 3. The third-order valence-corrected chi connectivity index (χ3v) is 5.76. The van der Waals surface area contributed by atoms with Crippen molar-refractivity contribution in [1.29, 1.82) is 0 Å². The molecule has 0 aromatic heterocycles. The van der Waals surface area contributed by atoms with Gasteiger partial charge >= 0.3 is 0 Å². The molecule has 1 N–H and O–H groups in total. The van der Waals surface area contributed by atoms with Crippen molar-refractivity contribution in [3.05, 3.63) is 29.8 Å². The zero-order valence-corrected chi connectivity index (χ0v) is 12.1. The Morgan fingerprint density at radius 1 is 1.32 bits per heavy atom. The maximum absolute atomic E-state index is 12.5. The van der Waals surface area contributed by atoms with Gasteiger partial charge in [0.15, 0.2) is 0 Å². The number of rotatable bonds is 4. The van der Waals surface area contributed by atoms with Gasteiger partial charge in [0.1, 0.15) is 0 Å². The minimum Gasteiger partial charge on any atom is -0.392 e. The molecule has 5 heteroatoms. The van der Waals surface area contributed by atoms with Crippen LogP contribution in [0.1, 0.15) is 31.7 Å². The van der Waals surface area contributed by atoms with E-state index in [-0.39, 0.29) is 11.5 Å². The predicted molar refractivity (Wildman–Crippen MR) is 74.1 cm³/mol.